The molecule has 1 aliphatic heterocycles. The molecule has 0 aliphatic carbocycles. The number of aliphatic hydroxyl groups excluding tert-OH is 1. The molecule has 3 aromatic rings. The molecule has 0 fully saturated rings. The number of halogens is 1. The Bertz CT molecular complexity index is 1070. The number of aromatic nitrogens is 1. The number of rotatable bonds is 4. The van der Waals surface area contributed by atoms with Gasteiger partial charge in [-0.05, 0) is 36.1 Å². The van der Waals surface area contributed by atoms with Crippen LogP contribution in [0.1, 0.15) is 27.0 Å². The van der Waals surface area contributed by atoms with Gasteiger partial charge in [-0.15, -0.1) is 11.3 Å². The van der Waals surface area contributed by atoms with Crippen LogP contribution in [0.2, 0.25) is 0 Å². The van der Waals surface area contributed by atoms with Crippen molar-refractivity contribution in [3.8, 4) is 0 Å². The van der Waals surface area contributed by atoms with E-state index in [4.69, 9.17) is 4.52 Å². The predicted octanol–water partition coefficient (Wildman–Crippen LogP) is 4.59. The van der Waals surface area contributed by atoms with Gasteiger partial charge in [0, 0.05) is 10.5 Å². The van der Waals surface area contributed by atoms with Crippen LogP contribution in [0.25, 0.3) is 0 Å². The molecule has 1 aromatic carbocycles. The molecule has 3 heterocycles. The first-order valence-electron chi connectivity index (χ1n) is 8.01. The molecule has 0 bridgehead atoms. The van der Waals surface area contributed by atoms with Gasteiger partial charge in [-0.2, -0.15) is 0 Å². The van der Waals surface area contributed by atoms with Crippen LogP contribution in [0.3, 0.4) is 0 Å². The normalized spacial score (nSPS) is 17.0. The van der Waals surface area contributed by atoms with Gasteiger partial charge in [-0.1, -0.05) is 39.3 Å². The van der Waals surface area contributed by atoms with Crippen LogP contribution in [-0.2, 0) is 4.79 Å². The lowest BCUT2D eigenvalue weighted by Gasteiger charge is -2.24. The van der Waals surface area contributed by atoms with E-state index in [9.17, 15) is 14.7 Å². The highest BCUT2D eigenvalue weighted by Gasteiger charge is 2.46. The van der Waals surface area contributed by atoms with E-state index in [1.54, 1.807) is 48.7 Å². The average molecular weight is 445 g/mol. The molecule has 27 heavy (non-hydrogen) atoms. The molecule has 0 radical (unpaired) electrons. The number of anilines is 1. The second-order valence-electron chi connectivity index (χ2n) is 6.00. The van der Waals surface area contributed by atoms with E-state index >= 15 is 0 Å². The van der Waals surface area contributed by atoms with Gasteiger partial charge in [0.25, 0.3) is 5.91 Å². The zero-order chi connectivity index (χ0) is 19.1. The van der Waals surface area contributed by atoms with E-state index < -0.39 is 17.7 Å². The minimum Gasteiger partial charge on any atom is -0.503 e. The van der Waals surface area contributed by atoms with Crippen molar-refractivity contribution in [2.45, 2.75) is 13.0 Å². The second-order valence-corrected chi connectivity index (χ2v) is 7.86. The third-order valence-corrected chi connectivity index (χ3v) is 5.59. The number of amides is 1. The molecule has 2 aromatic heterocycles. The van der Waals surface area contributed by atoms with Crippen LogP contribution in [0.15, 0.2) is 68.2 Å². The highest BCUT2D eigenvalue weighted by Crippen LogP contribution is 2.42. The molecule has 1 amide bonds. The van der Waals surface area contributed by atoms with Crippen molar-refractivity contribution in [1.29, 1.82) is 0 Å². The number of carbonyl (C=O) groups is 2. The Balaban J connectivity index is 1.89. The van der Waals surface area contributed by atoms with Crippen molar-refractivity contribution < 1.29 is 19.2 Å². The van der Waals surface area contributed by atoms with E-state index in [0.29, 0.717) is 16.2 Å². The first-order valence-corrected chi connectivity index (χ1v) is 9.68. The third kappa shape index (κ3) is 3.00. The van der Waals surface area contributed by atoms with Crippen molar-refractivity contribution in [2.24, 2.45) is 0 Å². The lowest BCUT2D eigenvalue weighted by Crippen LogP contribution is -2.31. The molecule has 1 aliphatic rings. The number of benzene rings is 1. The molecule has 8 heteroatoms. The maximum Gasteiger partial charge on any atom is 0.295 e. The lowest BCUT2D eigenvalue weighted by molar-refractivity contribution is -0.117. The van der Waals surface area contributed by atoms with E-state index in [2.05, 4.69) is 21.1 Å². The maximum atomic E-state index is 13.1. The van der Waals surface area contributed by atoms with Crippen LogP contribution < -0.4 is 4.90 Å². The van der Waals surface area contributed by atoms with Gasteiger partial charge >= 0.3 is 0 Å². The Morgan fingerprint density at radius 2 is 2.11 bits per heavy atom. The third-order valence-electron chi connectivity index (χ3n) is 4.22. The van der Waals surface area contributed by atoms with Crippen molar-refractivity contribution in [3.63, 3.8) is 0 Å². The SMILES string of the molecule is Cc1cc(N2C(=O)C(O)=C(C(=O)c3cccs3)[C@H]2c2cccc(Br)c2)no1. The summed E-state index contributed by atoms with van der Waals surface area (Å²) in [5, 5.41) is 16.2. The Morgan fingerprint density at radius 3 is 2.74 bits per heavy atom. The quantitative estimate of drug-likeness (QED) is 0.594. The standard InChI is InChI=1S/C19H13BrN2O4S/c1-10-8-14(21-26-10)22-16(11-4-2-5-12(20)9-11)15(18(24)19(22)25)17(23)13-6-3-7-27-13/h2-9,16,24H,1H3/t16-/m1/s1. The molecule has 0 saturated heterocycles. The van der Waals surface area contributed by atoms with E-state index in [0.717, 1.165) is 4.47 Å². The van der Waals surface area contributed by atoms with Crippen LogP contribution in [0.5, 0.6) is 0 Å². The largest absolute Gasteiger partial charge is 0.503 e. The van der Waals surface area contributed by atoms with Crippen molar-refractivity contribution in [1.82, 2.24) is 5.16 Å². The number of nitrogens with zero attached hydrogens (tertiary/aromatic N) is 2. The zero-order valence-electron chi connectivity index (χ0n) is 14.0. The minimum atomic E-state index is -0.811. The summed E-state index contributed by atoms with van der Waals surface area (Å²) in [4.78, 5) is 27.6. The molecule has 0 unspecified atom stereocenters. The van der Waals surface area contributed by atoms with Gasteiger partial charge < -0.3 is 9.63 Å². The Hall–Kier alpha value is -2.71. The van der Waals surface area contributed by atoms with Gasteiger partial charge in [0.1, 0.15) is 5.76 Å². The number of aryl methyl sites for hydroxylation is 1. The number of thiophene rings is 1. The number of hydrogen-bond donors (Lipinski definition) is 1. The number of hydrogen-bond acceptors (Lipinski definition) is 6. The highest BCUT2D eigenvalue weighted by atomic mass is 79.9. The fourth-order valence-corrected chi connectivity index (χ4v) is 4.17. The Labute approximate surface area is 166 Å². The zero-order valence-corrected chi connectivity index (χ0v) is 16.5. The Morgan fingerprint density at radius 1 is 1.30 bits per heavy atom. The number of ketones is 1. The lowest BCUT2D eigenvalue weighted by atomic mass is 9.95. The first kappa shape index (κ1) is 17.7. The summed E-state index contributed by atoms with van der Waals surface area (Å²) in [7, 11) is 0. The molecule has 0 spiro atoms. The smallest absolute Gasteiger partial charge is 0.295 e. The summed E-state index contributed by atoms with van der Waals surface area (Å²) in [6, 6.07) is 11.4. The van der Waals surface area contributed by atoms with Crippen molar-refractivity contribution in [2.75, 3.05) is 4.90 Å². The summed E-state index contributed by atoms with van der Waals surface area (Å²) < 4.78 is 5.89. The van der Waals surface area contributed by atoms with E-state index in [1.165, 1.54) is 16.2 Å². The van der Waals surface area contributed by atoms with Crippen LogP contribution in [0, 0.1) is 6.92 Å². The topological polar surface area (TPSA) is 83.6 Å². The monoisotopic (exact) mass is 444 g/mol. The minimum absolute atomic E-state index is 0.0289. The molecule has 136 valence electrons. The Kier molecular flexibility index (Phi) is 4.45. The van der Waals surface area contributed by atoms with E-state index in [1.807, 2.05) is 6.07 Å². The number of aliphatic hydroxyl groups is 1. The molecule has 6 nitrogen and oxygen atoms in total. The second kappa shape index (κ2) is 6.79. The fraction of sp³-hybridized carbons (Fsp3) is 0.105. The van der Waals surface area contributed by atoms with Crippen LogP contribution in [0.4, 0.5) is 5.82 Å². The van der Waals surface area contributed by atoms with Gasteiger partial charge in [0.15, 0.2) is 11.6 Å². The number of Topliss-reactive ketones (excluding diaryl/α,β-unsaturated/α-hetero) is 1. The van der Waals surface area contributed by atoms with Gasteiger partial charge in [-0.25, -0.2) is 0 Å². The van der Waals surface area contributed by atoms with Gasteiger partial charge in [-0.3, -0.25) is 14.5 Å². The van der Waals surface area contributed by atoms with Crippen molar-refractivity contribution in [3.05, 3.63) is 79.9 Å². The molecule has 1 atom stereocenters. The summed E-state index contributed by atoms with van der Waals surface area (Å²) in [5.74, 6) is -0.887. The number of carbonyl (C=O) groups excluding carboxylic acids is 2. The molecule has 1 N–H and O–H groups in total. The molecule has 4 rings (SSSR count). The highest BCUT2D eigenvalue weighted by molar-refractivity contribution is 9.10. The molecular weight excluding hydrogens is 432 g/mol. The maximum absolute atomic E-state index is 13.1. The van der Waals surface area contributed by atoms with Gasteiger partial charge in [0.2, 0.25) is 5.78 Å². The van der Waals surface area contributed by atoms with Crippen LogP contribution >= 0.6 is 27.3 Å². The summed E-state index contributed by atoms with van der Waals surface area (Å²) in [5.41, 5.74) is 0.698. The molecule has 0 saturated carbocycles. The molecular formula is C19H13BrN2O4S. The van der Waals surface area contributed by atoms with Gasteiger partial charge in [0.05, 0.1) is 16.5 Å². The fourth-order valence-electron chi connectivity index (χ4n) is 3.07. The van der Waals surface area contributed by atoms with Crippen molar-refractivity contribution >= 4 is 44.8 Å². The average Bonchev–Trinajstić information content (AvgIpc) is 3.36. The predicted molar refractivity (Wildman–Crippen MR) is 104 cm³/mol. The van der Waals surface area contributed by atoms with Crippen LogP contribution in [-0.4, -0.2) is 22.0 Å². The first-order chi connectivity index (χ1) is 13.0. The van der Waals surface area contributed by atoms with E-state index in [-0.39, 0.29) is 17.2 Å². The summed E-state index contributed by atoms with van der Waals surface area (Å²) in [6.07, 6.45) is 0. The summed E-state index contributed by atoms with van der Waals surface area (Å²) in [6.45, 7) is 1.70. The summed E-state index contributed by atoms with van der Waals surface area (Å²) >= 11 is 4.67.